The van der Waals surface area contributed by atoms with Crippen molar-refractivity contribution in [1.29, 1.82) is 0 Å². The van der Waals surface area contributed by atoms with E-state index in [1.165, 1.54) is 12.8 Å². The summed E-state index contributed by atoms with van der Waals surface area (Å²) in [6.45, 7) is 0.407. The van der Waals surface area contributed by atoms with Crippen molar-refractivity contribution in [3.8, 4) is 5.75 Å². The van der Waals surface area contributed by atoms with Crippen molar-refractivity contribution in [2.45, 2.75) is 69.6 Å². The lowest BCUT2D eigenvalue weighted by molar-refractivity contribution is -0.139. The van der Waals surface area contributed by atoms with Crippen molar-refractivity contribution in [1.82, 2.24) is 5.32 Å². The molecule has 1 amide bonds. The number of carbonyl (C=O) groups is 1. The summed E-state index contributed by atoms with van der Waals surface area (Å²) in [7, 11) is 0. The molecule has 120 valence electrons. The number of rotatable bonds is 5. The molecule has 3 rings (SSSR count). The Morgan fingerprint density at radius 1 is 1.18 bits per heavy atom. The Kier molecular flexibility index (Phi) is 4.67. The second kappa shape index (κ2) is 6.69. The molecule has 4 nitrogen and oxygen atoms in total. The van der Waals surface area contributed by atoms with Crippen molar-refractivity contribution in [2.24, 2.45) is 0 Å². The van der Waals surface area contributed by atoms with Crippen LogP contribution >= 0.6 is 0 Å². The molecule has 0 spiro atoms. The minimum Gasteiger partial charge on any atom is -0.490 e. The van der Waals surface area contributed by atoms with E-state index >= 15 is 0 Å². The average Bonchev–Trinajstić information content (AvgIpc) is 3.18. The maximum absolute atomic E-state index is 12.2. The molecule has 0 bridgehead atoms. The first-order chi connectivity index (χ1) is 10.7. The topological polar surface area (TPSA) is 58.6 Å². The monoisotopic (exact) mass is 303 g/mol. The summed E-state index contributed by atoms with van der Waals surface area (Å²) in [6.07, 6.45) is 7.97. The van der Waals surface area contributed by atoms with Crippen LogP contribution in [0.1, 0.15) is 56.9 Å². The zero-order valence-electron chi connectivity index (χ0n) is 13.0. The van der Waals surface area contributed by atoms with Gasteiger partial charge in [0, 0.05) is 12.1 Å². The Hall–Kier alpha value is -1.55. The smallest absolute Gasteiger partial charge is 0.252 e. The van der Waals surface area contributed by atoms with Gasteiger partial charge in [0.15, 0.2) is 0 Å². The SMILES string of the molecule is O=C(NCc1ccccc1OC1CCCC1)C1(O)CCCC1. The molecule has 0 radical (unpaired) electrons. The zero-order chi connectivity index (χ0) is 15.4. The van der Waals surface area contributed by atoms with E-state index in [9.17, 15) is 9.90 Å². The number of aliphatic hydroxyl groups is 1. The predicted octanol–water partition coefficient (Wildman–Crippen LogP) is 2.93. The second-order valence-corrected chi connectivity index (χ2v) is 6.55. The molecule has 0 heterocycles. The third-order valence-electron chi connectivity index (χ3n) is 4.86. The first-order valence-corrected chi connectivity index (χ1v) is 8.43. The van der Waals surface area contributed by atoms with E-state index in [0.29, 0.717) is 25.5 Å². The van der Waals surface area contributed by atoms with Crippen molar-refractivity contribution >= 4 is 5.91 Å². The minimum atomic E-state index is -1.17. The second-order valence-electron chi connectivity index (χ2n) is 6.55. The summed E-state index contributed by atoms with van der Waals surface area (Å²) in [5.41, 5.74) is -0.189. The third-order valence-corrected chi connectivity index (χ3v) is 4.86. The van der Waals surface area contributed by atoms with Gasteiger partial charge in [0.2, 0.25) is 0 Å². The maximum atomic E-state index is 12.2. The number of ether oxygens (including phenoxy) is 1. The summed E-state index contributed by atoms with van der Waals surface area (Å²) in [5, 5.41) is 13.2. The fraction of sp³-hybridized carbons (Fsp3) is 0.611. The van der Waals surface area contributed by atoms with E-state index in [1.807, 2.05) is 24.3 Å². The number of hydrogen-bond acceptors (Lipinski definition) is 3. The molecule has 4 heteroatoms. The first-order valence-electron chi connectivity index (χ1n) is 8.43. The molecule has 2 aliphatic carbocycles. The molecule has 2 N–H and O–H groups in total. The lowest BCUT2D eigenvalue weighted by atomic mass is 10.0. The maximum Gasteiger partial charge on any atom is 0.252 e. The Bertz CT molecular complexity index is 517. The molecule has 2 saturated carbocycles. The van der Waals surface area contributed by atoms with Gasteiger partial charge in [-0.3, -0.25) is 4.79 Å². The molecule has 2 aliphatic rings. The van der Waals surface area contributed by atoms with Crippen LogP contribution in [0.15, 0.2) is 24.3 Å². The molecule has 1 aromatic carbocycles. The number of carbonyl (C=O) groups excluding carboxylic acids is 1. The fourth-order valence-corrected chi connectivity index (χ4v) is 3.48. The van der Waals surface area contributed by atoms with Gasteiger partial charge in [-0.15, -0.1) is 0 Å². The molecule has 1 aromatic rings. The highest BCUT2D eigenvalue weighted by atomic mass is 16.5. The summed E-state index contributed by atoms with van der Waals surface area (Å²) < 4.78 is 6.08. The molecule has 0 saturated heterocycles. The van der Waals surface area contributed by atoms with Crippen molar-refractivity contribution < 1.29 is 14.6 Å². The van der Waals surface area contributed by atoms with Gasteiger partial charge in [0.25, 0.3) is 5.91 Å². The van der Waals surface area contributed by atoms with E-state index in [2.05, 4.69) is 5.32 Å². The standard InChI is InChI=1S/C18H25NO3/c20-17(18(21)11-5-6-12-18)19-13-14-7-1-4-10-16(14)22-15-8-2-3-9-15/h1,4,7,10,15,21H,2-3,5-6,8-9,11-13H2,(H,19,20). The zero-order valence-corrected chi connectivity index (χ0v) is 13.0. The van der Waals surface area contributed by atoms with Gasteiger partial charge in [-0.1, -0.05) is 18.2 Å². The average molecular weight is 303 g/mol. The lowest BCUT2D eigenvalue weighted by Gasteiger charge is -2.22. The predicted molar refractivity (Wildman–Crippen MR) is 84.6 cm³/mol. The number of benzene rings is 1. The van der Waals surface area contributed by atoms with E-state index in [0.717, 1.165) is 37.0 Å². The molecule has 0 atom stereocenters. The van der Waals surface area contributed by atoms with Crippen LogP contribution in [0.4, 0.5) is 0 Å². The van der Waals surface area contributed by atoms with Gasteiger partial charge in [-0.05, 0) is 57.4 Å². The van der Waals surface area contributed by atoms with E-state index in [-0.39, 0.29) is 5.91 Å². The van der Waals surface area contributed by atoms with Gasteiger partial charge in [0.1, 0.15) is 11.4 Å². The molecule has 0 aromatic heterocycles. The number of amides is 1. The van der Waals surface area contributed by atoms with E-state index in [1.54, 1.807) is 0 Å². The van der Waals surface area contributed by atoms with Crippen LogP contribution in [0.3, 0.4) is 0 Å². The molecular formula is C18H25NO3. The van der Waals surface area contributed by atoms with Crippen molar-refractivity contribution in [3.05, 3.63) is 29.8 Å². The molecule has 22 heavy (non-hydrogen) atoms. The van der Waals surface area contributed by atoms with Crippen LogP contribution < -0.4 is 10.1 Å². The Morgan fingerprint density at radius 2 is 1.86 bits per heavy atom. The Labute approximate surface area is 131 Å². The summed E-state index contributed by atoms with van der Waals surface area (Å²) in [4.78, 5) is 12.2. The van der Waals surface area contributed by atoms with Crippen molar-refractivity contribution in [2.75, 3.05) is 0 Å². The van der Waals surface area contributed by atoms with Gasteiger partial charge in [-0.25, -0.2) is 0 Å². The number of nitrogens with one attached hydrogen (secondary N) is 1. The van der Waals surface area contributed by atoms with Crippen molar-refractivity contribution in [3.63, 3.8) is 0 Å². The number of para-hydroxylation sites is 1. The van der Waals surface area contributed by atoms with Crippen LogP contribution in [0.2, 0.25) is 0 Å². The van der Waals surface area contributed by atoms with Gasteiger partial charge in [0.05, 0.1) is 6.10 Å². The highest BCUT2D eigenvalue weighted by Gasteiger charge is 2.38. The van der Waals surface area contributed by atoms with E-state index in [4.69, 9.17) is 4.74 Å². The fourth-order valence-electron chi connectivity index (χ4n) is 3.48. The molecule has 0 aliphatic heterocycles. The van der Waals surface area contributed by atoms with E-state index < -0.39 is 5.60 Å². The first kappa shape index (κ1) is 15.3. The quantitative estimate of drug-likeness (QED) is 0.879. The lowest BCUT2D eigenvalue weighted by Crippen LogP contribution is -2.44. The highest BCUT2D eigenvalue weighted by Crippen LogP contribution is 2.30. The summed E-state index contributed by atoms with van der Waals surface area (Å²) >= 11 is 0. The van der Waals surface area contributed by atoms with Gasteiger partial charge < -0.3 is 15.2 Å². The molecule has 2 fully saturated rings. The minimum absolute atomic E-state index is 0.249. The van der Waals surface area contributed by atoms with Gasteiger partial charge in [-0.2, -0.15) is 0 Å². The van der Waals surface area contributed by atoms with Crippen LogP contribution in [-0.2, 0) is 11.3 Å². The Balaban J connectivity index is 1.61. The normalized spacial score (nSPS) is 21.0. The third kappa shape index (κ3) is 3.43. The summed E-state index contributed by atoms with van der Waals surface area (Å²) in [5.74, 6) is 0.605. The van der Waals surface area contributed by atoms with Gasteiger partial charge >= 0.3 is 0 Å². The van der Waals surface area contributed by atoms with Crippen LogP contribution in [0.5, 0.6) is 5.75 Å². The van der Waals surface area contributed by atoms with Crippen LogP contribution in [0, 0.1) is 0 Å². The highest BCUT2D eigenvalue weighted by molar-refractivity contribution is 5.85. The molecule has 0 unspecified atom stereocenters. The molecular weight excluding hydrogens is 278 g/mol. The summed E-state index contributed by atoms with van der Waals surface area (Å²) in [6, 6.07) is 7.85. The largest absolute Gasteiger partial charge is 0.490 e. The number of hydrogen-bond donors (Lipinski definition) is 2. The van der Waals surface area contributed by atoms with Crippen LogP contribution in [0.25, 0.3) is 0 Å². The Morgan fingerprint density at radius 3 is 2.59 bits per heavy atom. The van der Waals surface area contributed by atoms with Crippen LogP contribution in [-0.4, -0.2) is 22.7 Å².